The first kappa shape index (κ1) is 18.1. The van der Waals surface area contributed by atoms with Crippen molar-refractivity contribution in [2.45, 2.75) is 12.5 Å². The van der Waals surface area contributed by atoms with Crippen molar-refractivity contribution in [2.75, 3.05) is 26.8 Å². The second-order valence-electron chi connectivity index (χ2n) is 6.15. The molecule has 1 aliphatic heterocycles. The van der Waals surface area contributed by atoms with Crippen LogP contribution < -0.4 is 0 Å². The van der Waals surface area contributed by atoms with Gasteiger partial charge in [0.05, 0.1) is 25.4 Å². The highest BCUT2D eigenvalue weighted by molar-refractivity contribution is 5.96. The molecule has 2 aromatic rings. The molecule has 1 aliphatic rings. The zero-order valence-corrected chi connectivity index (χ0v) is 14.5. The van der Waals surface area contributed by atoms with Crippen LogP contribution in [0.3, 0.4) is 0 Å². The summed E-state index contributed by atoms with van der Waals surface area (Å²) in [6, 6.07) is 12.8. The number of methoxy groups -OCH3 is 1. The Kier molecular flexibility index (Phi) is 5.63. The number of esters is 1. The molecular formula is C20H20FNO4. The van der Waals surface area contributed by atoms with Crippen molar-refractivity contribution in [3.8, 4) is 0 Å². The molecule has 1 amide bonds. The van der Waals surface area contributed by atoms with Gasteiger partial charge in [-0.25, -0.2) is 9.18 Å². The van der Waals surface area contributed by atoms with Gasteiger partial charge in [0.25, 0.3) is 5.91 Å². The predicted octanol–water partition coefficient (Wildman–Crippen LogP) is 2.70. The number of hydrogen-bond donors (Lipinski definition) is 0. The molecule has 3 rings (SSSR count). The van der Waals surface area contributed by atoms with Gasteiger partial charge in [0.15, 0.2) is 0 Å². The van der Waals surface area contributed by atoms with Gasteiger partial charge < -0.3 is 14.4 Å². The predicted molar refractivity (Wildman–Crippen MR) is 93.5 cm³/mol. The molecule has 2 aromatic carbocycles. The summed E-state index contributed by atoms with van der Waals surface area (Å²) < 4.78 is 23.7. The third kappa shape index (κ3) is 4.26. The summed E-state index contributed by atoms with van der Waals surface area (Å²) in [5.74, 6) is -0.837. The SMILES string of the molecule is COC(=O)c1ccc(C(=O)N2CCOC(Cc3cccc(F)c3)C2)cc1. The first-order valence-electron chi connectivity index (χ1n) is 8.40. The fourth-order valence-electron chi connectivity index (χ4n) is 3.00. The standard InChI is InChI=1S/C20H20FNO4/c1-25-20(24)16-7-5-15(6-8-16)19(23)22-9-10-26-18(13-22)12-14-3-2-4-17(21)11-14/h2-8,11,18H,9-10,12-13H2,1H3. The molecular weight excluding hydrogens is 337 g/mol. The summed E-state index contributed by atoms with van der Waals surface area (Å²) in [6.45, 7) is 1.37. The lowest BCUT2D eigenvalue weighted by atomic mass is 10.1. The zero-order valence-electron chi connectivity index (χ0n) is 14.5. The number of carbonyl (C=O) groups excluding carboxylic acids is 2. The minimum Gasteiger partial charge on any atom is -0.465 e. The lowest BCUT2D eigenvalue weighted by Gasteiger charge is -2.33. The number of rotatable bonds is 4. The Hall–Kier alpha value is -2.73. The van der Waals surface area contributed by atoms with Crippen molar-refractivity contribution >= 4 is 11.9 Å². The van der Waals surface area contributed by atoms with Gasteiger partial charge in [-0.1, -0.05) is 12.1 Å². The first-order chi connectivity index (χ1) is 12.6. The van der Waals surface area contributed by atoms with Crippen molar-refractivity contribution in [1.29, 1.82) is 0 Å². The summed E-state index contributed by atoms with van der Waals surface area (Å²) in [4.78, 5) is 25.9. The molecule has 0 aromatic heterocycles. The van der Waals surface area contributed by atoms with E-state index in [1.165, 1.54) is 19.2 Å². The van der Waals surface area contributed by atoms with E-state index in [4.69, 9.17) is 4.74 Å². The maximum atomic E-state index is 13.3. The van der Waals surface area contributed by atoms with E-state index in [0.29, 0.717) is 37.2 Å². The summed E-state index contributed by atoms with van der Waals surface area (Å²) in [5.41, 5.74) is 1.74. The quantitative estimate of drug-likeness (QED) is 0.790. The van der Waals surface area contributed by atoms with Gasteiger partial charge in [0.2, 0.25) is 0 Å². The summed E-state index contributed by atoms with van der Waals surface area (Å²) in [7, 11) is 1.31. The molecule has 0 spiro atoms. The molecule has 1 saturated heterocycles. The fraction of sp³-hybridized carbons (Fsp3) is 0.300. The Labute approximate surface area is 151 Å². The number of nitrogens with zero attached hydrogens (tertiary/aromatic N) is 1. The topological polar surface area (TPSA) is 55.8 Å². The van der Waals surface area contributed by atoms with Gasteiger partial charge in [-0.05, 0) is 42.0 Å². The molecule has 0 aliphatic carbocycles. The molecule has 1 unspecified atom stereocenters. The Bertz CT molecular complexity index is 791. The lowest BCUT2D eigenvalue weighted by Crippen LogP contribution is -2.46. The summed E-state index contributed by atoms with van der Waals surface area (Å²) in [6.07, 6.45) is 0.367. The Morgan fingerprint density at radius 3 is 2.62 bits per heavy atom. The van der Waals surface area contributed by atoms with Crippen LogP contribution >= 0.6 is 0 Å². The summed E-state index contributed by atoms with van der Waals surface area (Å²) >= 11 is 0. The Morgan fingerprint density at radius 1 is 1.19 bits per heavy atom. The molecule has 0 N–H and O–H groups in total. The molecule has 1 fully saturated rings. The number of amides is 1. The highest BCUT2D eigenvalue weighted by atomic mass is 19.1. The number of benzene rings is 2. The fourth-order valence-corrected chi connectivity index (χ4v) is 3.00. The molecule has 5 nitrogen and oxygen atoms in total. The highest BCUT2D eigenvalue weighted by Crippen LogP contribution is 2.16. The first-order valence-corrected chi connectivity index (χ1v) is 8.40. The molecule has 26 heavy (non-hydrogen) atoms. The van der Waals surface area contributed by atoms with Crippen molar-refractivity contribution in [2.24, 2.45) is 0 Å². The van der Waals surface area contributed by atoms with Gasteiger partial charge in [-0.15, -0.1) is 0 Å². The number of hydrogen-bond acceptors (Lipinski definition) is 4. The van der Waals surface area contributed by atoms with Crippen molar-refractivity contribution < 1.29 is 23.5 Å². The van der Waals surface area contributed by atoms with E-state index in [9.17, 15) is 14.0 Å². The van der Waals surface area contributed by atoms with Gasteiger partial charge >= 0.3 is 5.97 Å². The third-order valence-electron chi connectivity index (χ3n) is 4.33. The average Bonchev–Trinajstić information content (AvgIpc) is 2.67. The highest BCUT2D eigenvalue weighted by Gasteiger charge is 2.25. The maximum Gasteiger partial charge on any atom is 0.337 e. The van der Waals surface area contributed by atoms with E-state index in [1.54, 1.807) is 35.2 Å². The van der Waals surface area contributed by atoms with Crippen molar-refractivity contribution in [3.05, 3.63) is 71.0 Å². The van der Waals surface area contributed by atoms with E-state index >= 15 is 0 Å². The Morgan fingerprint density at radius 2 is 1.92 bits per heavy atom. The maximum absolute atomic E-state index is 13.3. The molecule has 1 atom stereocenters. The van der Waals surface area contributed by atoms with E-state index in [2.05, 4.69) is 4.74 Å². The second-order valence-corrected chi connectivity index (χ2v) is 6.15. The normalized spacial score (nSPS) is 17.0. The van der Waals surface area contributed by atoms with Gasteiger partial charge in [0.1, 0.15) is 5.82 Å². The van der Waals surface area contributed by atoms with Crippen LogP contribution in [0.2, 0.25) is 0 Å². The van der Waals surface area contributed by atoms with Crippen LogP contribution in [0, 0.1) is 5.82 Å². The minimum absolute atomic E-state index is 0.117. The van der Waals surface area contributed by atoms with Crippen molar-refractivity contribution in [1.82, 2.24) is 4.90 Å². The van der Waals surface area contributed by atoms with Gasteiger partial charge in [-0.2, -0.15) is 0 Å². The van der Waals surface area contributed by atoms with E-state index in [1.807, 2.05) is 6.07 Å². The number of morpholine rings is 1. The number of halogens is 1. The molecule has 0 bridgehead atoms. The average molecular weight is 357 g/mol. The number of carbonyl (C=O) groups is 2. The second kappa shape index (κ2) is 8.10. The van der Waals surface area contributed by atoms with Crippen LogP contribution in [-0.4, -0.2) is 49.7 Å². The zero-order chi connectivity index (χ0) is 18.5. The largest absolute Gasteiger partial charge is 0.465 e. The molecule has 6 heteroatoms. The van der Waals surface area contributed by atoms with Crippen LogP contribution in [0.15, 0.2) is 48.5 Å². The summed E-state index contributed by atoms with van der Waals surface area (Å²) in [5, 5.41) is 0. The van der Waals surface area contributed by atoms with E-state index in [0.717, 1.165) is 5.56 Å². The van der Waals surface area contributed by atoms with Crippen LogP contribution in [0.1, 0.15) is 26.3 Å². The monoisotopic (exact) mass is 357 g/mol. The van der Waals surface area contributed by atoms with E-state index in [-0.39, 0.29) is 17.8 Å². The minimum atomic E-state index is -0.439. The van der Waals surface area contributed by atoms with Crippen LogP contribution in [0.5, 0.6) is 0 Å². The molecule has 1 heterocycles. The van der Waals surface area contributed by atoms with Crippen LogP contribution in [-0.2, 0) is 15.9 Å². The van der Waals surface area contributed by atoms with Crippen molar-refractivity contribution in [3.63, 3.8) is 0 Å². The van der Waals surface area contributed by atoms with E-state index < -0.39 is 5.97 Å². The lowest BCUT2D eigenvalue weighted by molar-refractivity contribution is -0.0208. The van der Waals surface area contributed by atoms with Gasteiger partial charge in [-0.3, -0.25) is 4.79 Å². The third-order valence-corrected chi connectivity index (χ3v) is 4.33. The number of ether oxygens (including phenoxy) is 2. The molecule has 0 radical (unpaired) electrons. The van der Waals surface area contributed by atoms with Crippen LogP contribution in [0.4, 0.5) is 4.39 Å². The van der Waals surface area contributed by atoms with Crippen LogP contribution in [0.25, 0.3) is 0 Å². The molecule has 0 saturated carbocycles. The van der Waals surface area contributed by atoms with Gasteiger partial charge in [0, 0.05) is 25.1 Å². The molecule has 136 valence electrons. The smallest absolute Gasteiger partial charge is 0.337 e. The Balaban J connectivity index is 1.65.